The fraction of sp³-hybridized carbons (Fsp3) is 0.500. The van der Waals surface area contributed by atoms with Crippen LogP contribution in [0.1, 0.15) is 57.9 Å². The molecule has 0 saturated carbocycles. The van der Waals surface area contributed by atoms with Crippen molar-refractivity contribution in [3.63, 3.8) is 0 Å². The molecule has 170 valence electrons. The summed E-state index contributed by atoms with van der Waals surface area (Å²) in [6.45, 7) is 6.64. The Balaban J connectivity index is 1.75. The van der Waals surface area contributed by atoms with E-state index in [1.165, 1.54) is 12.1 Å². The topological polar surface area (TPSA) is 108 Å². The second-order valence-electron chi connectivity index (χ2n) is 9.52. The number of Topliss-reactive ketones (excluding diaryl/α,β-unsaturated/α-hetero) is 1. The largest absolute Gasteiger partial charge is 0.459 e. The van der Waals surface area contributed by atoms with Gasteiger partial charge in [-0.05, 0) is 37.2 Å². The molecule has 0 unspecified atom stereocenters. The molecule has 1 aromatic carbocycles. The number of carbonyl (C=O) groups excluding carboxylic acids is 2. The predicted octanol–water partition coefficient (Wildman–Crippen LogP) is 3.92. The van der Waals surface area contributed by atoms with Crippen LogP contribution in [0.25, 0.3) is 0 Å². The van der Waals surface area contributed by atoms with Gasteiger partial charge in [0.15, 0.2) is 5.78 Å². The van der Waals surface area contributed by atoms with Crippen LogP contribution in [0, 0.1) is 15.5 Å². The molecule has 0 bridgehead atoms. The summed E-state index contributed by atoms with van der Waals surface area (Å²) in [4.78, 5) is 37.4. The maximum atomic E-state index is 13.3. The van der Waals surface area contributed by atoms with Crippen molar-refractivity contribution in [3.05, 3.63) is 62.5 Å². The van der Waals surface area contributed by atoms with Gasteiger partial charge in [-0.25, -0.2) is 4.79 Å². The molecule has 2 atom stereocenters. The first-order chi connectivity index (χ1) is 15.2. The Morgan fingerprint density at radius 1 is 1.34 bits per heavy atom. The number of benzene rings is 1. The summed E-state index contributed by atoms with van der Waals surface area (Å²) in [7, 11) is 0. The number of nitro groups is 1. The number of nitro benzene ring substituents is 1. The van der Waals surface area contributed by atoms with Gasteiger partial charge in [-0.2, -0.15) is 0 Å². The second kappa shape index (κ2) is 8.50. The third-order valence-corrected chi connectivity index (χ3v) is 6.30. The number of rotatable bonds is 5. The minimum absolute atomic E-state index is 0.0582. The summed E-state index contributed by atoms with van der Waals surface area (Å²) in [6.07, 6.45) is 2.63. The van der Waals surface area contributed by atoms with E-state index in [0.717, 1.165) is 18.5 Å². The molecule has 4 rings (SSSR count). The third-order valence-electron chi connectivity index (χ3n) is 6.30. The summed E-state index contributed by atoms with van der Waals surface area (Å²) < 4.78 is 11.1. The number of nitrogens with one attached hydrogen (secondary N) is 1. The Morgan fingerprint density at radius 2 is 2.12 bits per heavy atom. The highest BCUT2D eigenvalue weighted by Gasteiger charge is 2.43. The van der Waals surface area contributed by atoms with E-state index in [0.29, 0.717) is 41.9 Å². The molecule has 3 aliphatic rings. The lowest BCUT2D eigenvalue weighted by atomic mass is 9.68. The van der Waals surface area contributed by atoms with Crippen LogP contribution in [0.4, 0.5) is 5.69 Å². The minimum atomic E-state index is -0.716. The van der Waals surface area contributed by atoms with E-state index in [1.807, 2.05) is 13.8 Å². The lowest BCUT2D eigenvalue weighted by Crippen LogP contribution is -2.39. The smallest absolute Gasteiger partial charge is 0.336 e. The van der Waals surface area contributed by atoms with Crippen LogP contribution in [0.15, 0.2) is 46.8 Å². The number of hydrogen-bond donors (Lipinski definition) is 1. The van der Waals surface area contributed by atoms with Crippen molar-refractivity contribution in [2.75, 3.05) is 13.2 Å². The molecule has 1 saturated heterocycles. The molecule has 0 spiro atoms. The highest BCUT2D eigenvalue weighted by atomic mass is 16.6. The van der Waals surface area contributed by atoms with Gasteiger partial charge in [0.2, 0.25) is 0 Å². The van der Waals surface area contributed by atoms with Crippen molar-refractivity contribution in [2.45, 2.75) is 58.5 Å². The van der Waals surface area contributed by atoms with Gasteiger partial charge < -0.3 is 14.8 Å². The van der Waals surface area contributed by atoms with Gasteiger partial charge in [0.25, 0.3) is 5.69 Å². The average Bonchev–Trinajstić information content (AvgIpc) is 3.23. The highest BCUT2D eigenvalue weighted by Crippen LogP contribution is 2.47. The van der Waals surface area contributed by atoms with Gasteiger partial charge in [-0.15, -0.1) is 0 Å². The number of esters is 1. The minimum Gasteiger partial charge on any atom is -0.459 e. The van der Waals surface area contributed by atoms with Crippen LogP contribution >= 0.6 is 0 Å². The molecule has 0 amide bonds. The van der Waals surface area contributed by atoms with Gasteiger partial charge in [-0.1, -0.05) is 26.0 Å². The van der Waals surface area contributed by atoms with Gasteiger partial charge >= 0.3 is 5.97 Å². The first kappa shape index (κ1) is 22.2. The number of allylic oxidation sites excluding steroid dienone is 3. The number of dihydropyridines is 1. The fourth-order valence-corrected chi connectivity index (χ4v) is 4.88. The first-order valence-electron chi connectivity index (χ1n) is 10.9. The Bertz CT molecular complexity index is 1030. The van der Waals surface area contributed by atoms with E-state index in [-0.39, 0.29) is 29.6 Å². The fourth-order valence-electron chi connectivity index (χ4n) is 4.88. The predicted molar refractivity (Wildman–Crippen MR) is 117 cm³/mol. The Kier molecular flexibility index (Phi) is 5.90. The molecular weight excluding hydrogens is 412 g/mol. The quantitative estimate of drug-likeness (QED) is 0.420. The normalized spacial score (nSPS) is 24.8. The standard InChI is InChI=1S/C24H28N2O6/c1-14-20(23(28)32-13-17-8-5-9-31-17)21(15-6-4-7-16(10-15)26(29)30)22-18(25-14)11-24(2,3)12-19(22)27/h4,6-7,10,17,21,25H,5,8-9,11-13H2,1-3H3/t17-,21-/m0/s1. The summed E-state index contributed by atoms with van der Waals surface area (Å²) >= 11 is 0. The van der Waals surface area contributed by atoms with E-state index in [4.69, 9.17) is 9.47 Å². The van der Waals surface area contributed by atoms with E-state index < -0.39 is 16.8 Å². The summed E-state index contributed by atoms with van der Waals surface area (Å²) in [5.41, 5.74) is 2.42. The van der Waals surface area contributed by atoms with Crippen molar-refractivity contribution >= 4 is 17.4 Å². The van der Waals surface area contributed by atoms with Gasteiger partial charge in [0.1, 0.15) is 6.61 Å². The van der Waals surface area contributed by atoms with Crippen LogP contribution in [-0.4, -0.2) is 36.0 Å². The van der Waals surface area contributed by atoms with Crippen molar-refractivity contribution in [2.24, 2.45) is 5.41 Å². The Hall–Kier alpha value is -3.00. The van der Waals surface area contributed by atoms with Crippen molar-refractivity contribution in [1.82, 2.24) is 5.32 Å². The van der Waals surface area contributed by atoms with Crippen molar-refractivity contribution in [1.29, 1.82) is 0 Å². The van der Waals surface area contributed by atoms with Gasteiger partial charge in [0.05, 0.1) is 16.6 Å². The van der Waals surface area contributed by atoms with Crippen LogP contribution in [0.2, 0.25) is 0 Å². The molecule has 8 heteroatoms. The number of ether oxygens (including phenoxy) is 2. The van der Waals surface area contributed by atoms with Crippen molar-refractivity contribution in [3.8, 4) is 0 Å². The van der Waals surface area contributed by atoms with Crippen LogP contribution < -0.4 is 5.32 Å². The zero-order valence-corrected chi connectivity index (χ0v) is 18.6. The number of nitrogens with zero attached hydrogens (tertiary/aromatic N) is 1. The molecule has 8 nitrogen and oxygen atoms in total. The number of carbonyl (C=O) groups is 2. The molecule has 32 heavy (non-hydrogen) atoms. The molecule has 0 aromatic heterocycles. The van der Waals surface area contributed by atoms with Gasteiger partial charge in [-0.3, -0.25) is 14.9 Å². The Morgan fingerprint density at radius 3 is 2.81 bits per heavy atom. The van der Waals surface area contributed by atoms with Crippen LogP contribution in [-0.2, 0) is 19.1 Å². The summed E-state index contributed by atoms with van der Waals surface area (Å²) in [6, 6.07) is 6.14. The molecule has 0 radical (unpaired) electrons. The monoisotopic (exact) mass is 440 g/mol. The lowest BCUT2D eigenvalue weighted by molar-refractivity contribution is -0.384. The van der Waals surface area contributed by atoms with E-state index in [9.17, 15) is 19.7 Å². The van der Waals surface area contributed by atoms with Crippen LogP contribution in [0.5, 0.6) is 0 Å². The Labute approximate surface area is 186 Å². The number of hydrogen-bond acceptors (Lipinski definition) is 7. The van der Waals surface area contributed by atoms with Gasteiger partial charge in [0, 0.05) is 48.0 Å². The average molecular weight is 440 g/mol. The summed E-state index contributed by atoms with van der Waals surface area (Å²) in [5.74, 6) is -1.31. The maximum Gasteiger partial charge on any atom is 0.336 e. The van der Waals surface area contributed by atoms with E-state index >= 15 is 0 Å². The van der Waals surface area contributed by atoms with E-state index in [1.54, 1.807) is 19.1 Å². The van der Waals surface area contributed by atoms with Crippen molar-refractivity contribution < 1.29 is 24.0 Å². The second-order valence-corrected chi connectivity index (χ2v) is 9.52. The maximum absolute atomic E-state index is 13.3. The molecule has 1 N–H and O–H groups in total. The number of ketones is 1. The summed E-state index contributed by atoms with van der Waals surface area (Å²) in [5, 5.41) is 14.7. The lowest BCUT2D eigenvalue weighted by Gasteiger charge is -2.39. The molecule has 2 heterocycles. The highest BCUT2D eigenvalue weighted by molar-refractivity contribution is 6.04. The molecule has 1 aromatic rings. The zero-order chi connectivity index (χ0) is 23.0. The number of non-ortho nitro benzene ring substituents is 1. The first-order valence-corrected chi connectivity index (χ1v) is 10.9. The molecule has 2 aliphatic heterocycles. The SMILES string of the molecule is CC1=C(C(=O)OC[C@@H]2CCCO2)[C@H](c2cccc([N+](=O)[O-])c2)C2=C(CC(C)(C)CC2=O)N1. The third kappa shape index (κ3) is 4.32. The molecule has 1 aliphatic carbocycles. The zero-order valence-electron chi connectivity index (χ0n) is 18.6. The molecular formula is C24H28N2O6. The van der Waals surface area contributed by atoms with E-state index in [2.05, 4.69) is 5.32 Å². The van der Waals surface area contributed by atoms with Crippen LogP contribution in [0.3, 0.4) is 0 Å². The molecule has 1 fully saturated rings.